The summed E-state index contributed by atoms with van der Waals surface area (Å²) in [5, 5.41) is 2.65. The number of carbonyl (C=O) groups is 1. The number of rotatable bonds is 3. The Balaban J connectivity index is 2.14. The molecule has 2 rings (SSSR count). The number of hydrogen-bond donors (Lipinski definition) is 1. The van der Waals surface area contributed by atoms with E-state index < -0.39 is 17.7 Å². The molecule has 1 heterocycles. The first-order valence-corrected chi connectivity index (χ1v) is 8.25. The van der Waals surface area contributed by atoms with Gasteiger partial charge in [0.25, 0.3) is 0 Å². The molecule has 0 aliphatic carbocycles. The average Bonchev–Trinajstić information content (AvgIpc) is 2.82. The Morgan fingerprint density at radius 3 is 2.61 bits per heavy atom. The van der Waals surface area contributed by atoms with Gasteiger partial charge in [-0.15, -0.1) is 11.3 Å². The fourth-order valence-electron chi connectivity index (χ4n) is 2.16. The van der Waals surface area contributed by atoms with Crippen molar-refractivity contribution in [3.63, 3.8) is 0 Å². The van der Waals surface area contributed by atoms with Crippen molar-refractivity contribution in [2.75, 3.05) is 0 Å². The predicted molar refractivity (Wildman–Crippen MR) is 90.0 cm³/mol. The SMILES string of the molecule is Cc1ncsc1-c1ccc([C@H](C)NC(=O)OC(C)(C)C)c(F)c1. The Bertz CT molecular complexity index is 707. The molecule has 0 unspecified atom stereocenters. The highest BCUT2D eigenvalue weighted by Crippen LogP contribution is 2.30. The molecular weight excluding hydrogens is 315 g/mol. The number of amides is 1. The number of alkyl carbamates (subject to hydrolysis) is 1. The quantitative estimate of drug-likeness (QED) is 0.872. The zero-order valence-electron chi connectivity index (χ0n) is 13.9. The minimum absolute atomic E-state index is 0.362. The molecule has 1 amide bonds. The Morgan fingerprint density at radius 1 is 1.39 bits per heavy atom. The largest absolute Gasteiger partial charge is 0.444 e. The van der Waals surface area contributed by atoms with Crippen molar-refractivity contribution in [3.8, 4) is 10.4 Å². The van der Waals surface area contributed by atoms with E-state index in [-0.39, 0.29) is 5.82 Å². The van der Waals surface area contributed by atoms with Crippen LogP contribution < -0.4 is 5.32 Å². The molecule has 0 saturated carbocycles. The van der Waals surface area contributed by atoms with Crippen LogP contribution in [0.2, 0.25) is 0 Å². The van der Waals surface area contributed by atoms with Crippen molar-refractivity contribution < 1.29 is 13.9 Å². The van der Waals surface area contributed by atoms with Gasteiger partial charge < -0.3 is 10.1 Å². The molecule has 0 radical (unpaired) electrons. The number of nitrogens with zero attached hydrogens (tertiary/aromatic N) is 1. The van der Waals surface area contributed by atoms with Gasteiger partial charge in [-0.05, 0) is 46.2 Å². The number of thiazole rings is 1. The Morgan fingerprint density at radius 2 is 2.09 bits per heavy atom. The van der Waals surface area contributed by atoms with E-state index in [4.69, 9.17) is 4.74 Å². The monoisotopic (exact) mass is 336 g/mol. The van der Waals surface area contributed by atoms with Crippen LogP contribution in [0.4, 0.5) is 9.18 Å². The molecule has 6 heteroatoms. The van der Waals surface area contributed by atoms with E-state index in [2.05, 4.69) is 10.3 Å². The highest BCUT2D eigenvalue weighted by atomic mass is 32.1. The van der Waals surface area contributed by atoms with Gasteiger partial charge in [-0.25, -0.2) is 14.2 Å². The van der Waals surface area contributed by atoms with Gasteiger partial charge in [0.15, 0.2) is 0 Å². The van der Waals surface area contributed by atoms with Gasteiger partial charge in [0.2, 0.25) is 0 Å². The molecule has 124 valence electrons. The second-order valence-electron chi connectivity index (χ2n) is 6.37. The van der Waals surface area contributed by atoms with Crippen LogP contribution in [0.15, 0.2) is 23.7 Å². The fourth-order valence-corrected chi connectivity index (χ4v) is 2.96. The summed E-state index contributed by atoms with van der Waals surface area (Å²) in [5.74, 6) is -0.362. The van der Waals surface area contributed by atoms with Gasteiger partial charge in [-0.1, -0.05) is 12.1 Å². The molecule has 1 atom stereocenters. The van der Waals surface area contributed by atoms with Crippen LogP contribution in [-0.4, -0.2) is 16.7 Å². The van der Waals surface area contributed by atoms with E-state index in [1.807, 2.05) is 13.0 Å². The topological polar surface area (TPSA) is 51.2 Å². The minimum atomic E-state index is -0.587. The Labute approximate surface area is 139 Å². The van der Waals surface area contributed by atoms with Gasteiger partial charge in [-0.2, -0.15) is 0 Å². The highest BCUT2D eigenvalue weighted by molar-refractivity contribution is 7.13. The number of aromatic nitrogens is 1. The molecule has 0 aliphatic rings. The standard InChI is InChI=1S/C17H21FN2O2S/c1-10(20-16(21)22-17(3,4)5)13-7-6-12(8-14(13)18)15-11(2)19-9-23-15/h6-10H,1-5H3,(H,20,21)/t10-/m0/s1. The smallest absolute Gasteiger partial charge is 0.408 e. The zero-order valence-corrected chi connectivity index (χ0v) is 14.8. The summed E-state index contributed by atoms with van der Waals surface area (Å²) in [4.78, 5) is 16.9. The first-order chi connectivity index (χ1) is 10.7. The maximum absolute atomic E-state index is 14.4. The van der Waals surface area contributed by atoms with Crippen LogP contribution in [0.1, 0.15) is 45.0 Å². The first-order valence-electron chi connectivity index (χ1n) is 7.37. The highest BCUT2D eigenvalue weighted by Gasteiger charge is 2.20. The Kier molecular flexibility index (Phi) is 5.04. The summed E-state index contributed by atoms with van der Waals surface area (Å²) >= 11 is 1.48. The number of nitrogens with one attached hydrogen (secondary N) is 1. The third-order valence-electron chi connectivity index (χ3n) is 3.21. The predicted octanol–water partition coefficient (Wildman–Crippen LogP) is 4.84. The zero-order chi connectivity index (χ0) is 17.2. The molecule has 1 aromatic heterocycles. The van der Waals surface area contributed by atoms with E-state index in [1.54, 1.807) is 39.3 Å². The van der Waals surface area contributed by atoms with Crippen LogP contribution >= 0.6 is 11.3 Å². The molecule has 0 aliphatic heterocycles. The average molecular weight is 336 g/mol. The summed E-state index contributed by atoms with van der Waals surface area (Å²) < 4.78 is 19.6. The third-order valence-corrected chi connectivity index (χ3v) is 4.19. The van der Waals surface area contributed by atoms with Gasteiger partial charge in [0.1, 0.15) is 11.4 Å². The van der Waals surface area contributed by atoms with E-state index in [9.17, 15) is 9.18 Å². The number of hydrogen-bond acceptors (Lipinski definition) is 4. The molecular formula is C17H21FN2O2S. The lowest BCUT2D eigenvalue weighted by molar-refractivity contribution is 0.0507. The number of ether oxygens (including phenoxy) is 1. The lowest BCUT2D eigenvalue weighted by atomic mass is 10.0. The molecule has 4 nitrogen and oxygen atoms in total. The summed E-state index contributed by atoms with van der Waals surface area (Å²) in [7, 11) is 0. The molecule has 0 spiro atoms. The number of aryl methyl sites for hydroxylation is 1. The van der Waals surface area contributed by atoms with Crippen LogP contribution in [0.25, 0.3) is 10.4 Å². The summed E-state index contributed by atoms with van der Waals surface area (Å²) in [6.45, 7) is 8.96. The van der Waals surface area contributed by atoms with Crippen LogP contribution in [-0.2, 0) is 4.74 Å². The van der Waals surface area contributed by atoms with Gasteiger partial charge >= 0.3 is 6.09 Å². The molecule has 1 N–H and O–H groups in total. The lowest BCUT2D eigenvalue weighted by Crippen LogP contribution is -2.34. The van der Waals surface area contributed by atoms with Crippen molar-refractivity contribution in [1.29, 1.82) is 0 Å². The first kappa shape index (κ1) is 17.4. The van der Waals surface area contributed by atoms with Crippen molar-refractivity contribution in [1.82, 2.24) is 10.3 Å². The van der Waals surface area contributed by atoms with Gasteiger partial charge in [-0.3, -0.25) is 0 Å². The van der Waals surface area contributed by atoms with E-state index >= 15 is 0 Å². The van der Waals surface area contributed by atoms with Crippen molar-refractivity contribution >= 4 is 17.4 Å². The Hall–Kier alpha value is -1.95. The molecule has 0 fully saturated rings. The molecule has 0 bridgehead atoms. The summed E-state index contributed by atoms with van der Waals surface area (Å²) in [6, 6.07) is 4.52. The third kappa shape index (κ3) is 4.51. The number of carbonyl (C=O) groups excluding carboxylic acids is 1. The van der Waals surface area contributed by atoms with Crippen LogP contribution in [0.3, 0.4) is 0 Å². The normalized spacial score (nSPS) is 12.8. The molecule has 1 aromatic carbocycles. The van der Waals surface area contributed by atoms with Crippen LogP contribution in [0, 0.1) is 12.7 Å². The van der Waals surface area contributed by atoms with E-state index in [0.29, 0.717) is 5.56 Å². The fraction of sp³-hybridized carbons (Fsp3) is 0.412. The van der Waals surface area contributed by atoms with Gasteiger partial charge in [0, 0.05) is 5.56 Å². The number of halogens is 1. The summed E-state index contributed by atoms with van der Waals surface area (Å²) in [6.07, 6.45) is -0.563. The lowest BCUT2D eigenvalue weighted by Gasteiger charge is -2.22. The van der Waals surface area contributed by atoms with Crippen LogP contribution in [0.5, 0.6) is 0 Å². The summed E-state index contributed by atoms with van der Waals surface area (Å²) in [5.41, 5.74) is 3.23. The van der Waals surface area contributed by atoms with E-state index in [1.165, 1.54) is 17.4 Å². The number of benzene rings is 1. The maximum Gasteiger partial charge on any atom is 0.408 e. The van der Waals surface area contributed by atoms with Gasteiger partial charge in [0.05, 0.1) is 22.1 Å². The second-order valence-corrected chi connectivity index (χ2v) is 7.23. The molecule has 0 saturated heterocycles. The van der Waals surface area contributed by atoms with Crippen molar-refractivity contribution in [2.24, 2.45) is 0 Å². The van der Waals surface area contributed by atoms with Crippen molar-refractivity contribution in [3.05, 3.63) is 40.8 Å². The minimum Gasteiger partial charge on any atom is -0.444 e. The van der Waals surface area contributed by atoms with E-state index in [0.717, 1.165) is 16.1 Å². The second kappa shape index (κ2) is 6.66. The molecule has 2 aromatic rings. The van der Waals surface area contributed by atoms with Crippen molar-refractivity contribution in [2.45, 2.75) is 46.3 Å². The molecule has 23 heavy (non-hydrogen) atoms. The maximum atomic E-state index is 14.4.